The summed E-state index contributed by atoms with van der Waals surface area (Å²) in [6.07, 6.45) is 0.921. The van der Waals surface area contributed by atoms with E-state index in [4.69, 9.17) is 11.6 Å². The van der Waals surface area contributed by atoms with E-state index in [1.165, 1.54) is 0 Å². The van der Waals surface area contributed by atoms with Crippen molar-refractivity contribution in [2.45, 2.75) is 37.5 Å². The van der Waals surface area contributed by atoms with E-state index in [1.54, 1.807) is 24.3 Å². The quantitative estimate of drug-likeness (QED) is 0.874. The Bertz CT molecular complexity index is 511. The van der Waals surface area contributed by atoms with Crippen LogP contribution in [0, 0.1) is 0 Å². The van der Waals surface area contributed by atoms with E-state index in [2.05, 4.69) is 22.5 Å². The zero-order chi connectivity index (χ0) is 13.5. The molecule has 1 fully saturated rings. The monoisotopic (exact) mass is 281 g/mol. The molecular weight excluding hydrogens is 265 g/mol. The first-order valence-electron chi connectivity index (χ1n) is 6.58. The lowest BCUT2D eigenvalue weighted by atomic mass is 9.73. The van der Waals surface area contributed by atoms with Crippen LogP contribution in [0.15, 0.2) is 29.3 Å². The number of guanidine groups is 1. The van der Waals surface area contributed by atoms with Crippen molar-refractivity contribution in [1.29, 1.82) is 0 Å². The fraction of sp³-hybridized carbons (Fsp3) is 0.500. The molecule has 19 heavy (non-hydrogen) atoms. The number of hydrogen-bond acceptors (Lipinski definition) is 3. The predicted molar refractivity (Wildman–Crippen MR) is 75.3 cm³/mol. The third kappa shape index (κ3) is 2.54. The Balaban J connectivity index is 1.59. The molecule has 1 aromatic rings. The van der Waals surface area contributed by atoms with Gasteiger partial charge in [-0.15, -0.1) is 0 Å². The maximum atomic E-state index is 14.7. The fourth-order valence-electron chi connectivity index (χ4n) is 2.66. The molecule has 3 nitrogen and oxygen atoms in total. The molecule has 102 valence electrons. The molecule has 0 spiro atoms. The summed E-state index contributed by atoms with van der Waals surface area (Å²) >= 11 is 5.91. The van der Waals surface area contributed by atoms with Gasteiger partial charge in [0, 0.05) is 29.9 Å². The van der Waals surface area contributed by atoms with Crippen LogP contribution < -0.4 is 10.6 Å². The largest absolute Gasteiger partial charge is 0.353 e. The Morgan fingerprint density at radius 2 is 2.26 bits per heavy atom. The first-order valence-corrected chi connectivity index (χ1v) is 6.95. The third-order valence-corrected chi connectivity index (χ3v) is 3.96. The van der Waals surface area contributed by atoms with Gasteiger partial charge in [-0.05, 0) is 24.6 Å². The molecule has 1 aliphatic carbocycles. The molecule has 1 heterocycles. The van der Waals surface area contributed by atoms with Crippen molar-refractivity contribution in [3.63, 3.8) is 0 Å². The highest BCUT2D eigenvalue weighted by Crippen LogP contribution is 2.45. The van der Waals surface area contributed by atoms with Gasteiger partial charge in [0.25, 0.3) is 0 Å². The van der Waals surface area contributed by atoms with Crippen molar-refractivity contribution in [2.24, 2.45) is 4.99 Å². The van der Waals surface area contributed by atoms with Gasteiger partial charge in [0.05, 0.1) is 6.54 Å². The van der Waals surface area contributed by atoms with E-state index < -0.39 is 5.67 Å². The average molecular weight is 282 g/mol. The maximum absolute atomic E-state index is 14.7. The molecule has 1 aliphatic heterocycles. The van der Waals surface area contributed by atoms with Gasteiger partial charge in [0.2, 0.25) is 0 Å². The molecule has 3 rings (SSSR count). The van der Waals surface area contributed by atoms with Crippen molar-refractivity contribution in [3.05, 3.63) is 34.9 Å². The Kier molecular flexibility index (Phi) is 3.13. The number of nitrogens with one attached hydrogen (secondary N) is 2. The van der Waals surface area contributed by atoms with Crippen molar-refractivity contribution < 1.29 is 4.39 Å². The van der Waals surface area contributed by atoms with Gasteiger partial charge in [0.15, 0.2) is 5.96 Å². The number of halogens is 2. The summed E-state index contributed by atoms with van der Waals surface area (Å²) in [7, 11) is 0. The molecule has 0 bridgehead atoms. The molecule has 1 saturated carbocycles. The van der Waals surface area contributed by atoms with Crippen LogP contribution in [0.4, 0.5) is 4.39 Å². The summed E-state index contributed by atoms with van der Waals surface area (Å²) in [5.41, 5.74) is -0.583. The van der Waals surface area contributed by atoms with E-state index in [0.717, 1.165) is 12.5 Å². The van der Waals surface area contributed by atoms with E-state index in [0.29, 0.717) is 29.5 Å². The van der Waals surface area contributed by atoms with Crippen molar-refractivity contribution >= 4 is 17.6 Å². The van der Waals surface area contributed by atoms with Crippen LogP contribution in [0.5, 0.6) is 0 Å². The third-order valence-electron chi connectivity index (χ3n) is 3.73. The van der Waals surface area contributed by atoms with Crippen LogP contribution >= 0.6 is 11.6 Å². The first-order chi connectivity index (χ1) is 9.05. The number of hydrogen-bond donors (Lipinski definition) is 2. The highest BCUT2D eigenvalue weighted by Gasteiger charge is 2.46. The van der Waals surface area contributed by atoms with E-state index in [1.807, 2.05) is 0 Å². The number of alkyl halides is 1. The highest BCUT2D eigenvalue weighted by atomic mass is 35.5. The minimum Gasteiger partial charge on any atom is -0.353 e. The van der Waals surface area contributed by atoms with Crippen LogP contribution in [0.1, 0.15) is 25.3 Å². The predicted octanol–water partition coefficient (Wildman–Crippen LogP) is 2.60. The zero-order valence-corrected chi connectivity index (χ0v) is 11.5. The summed E-state index contributed by atoms with van der Waals surface area (Å²) in [6, 6.07) is 7.58. The minimum absolute atomic E-state index is 0.139. The van der Waals surface area contributed by atoms with Crippen molar-refractivity contribution in [3.8, 4) is 0 Å². The summed E-state index contributed by atoms with van der Waals surface area (Å²) in [4.78, 5) is 4.32. The average Bonchev–Trinajstić information content (AvgIpc) is 2.73. The molecule has 2 N–H and O–H groups in total. The van der Waals surface area contributed by atoms with Crippen LogP contribution in [-0.4, -0.2) is 24.6 Å². The summed E-state index contributed by atoms with van der Waals surface area (Å²) in [5.74, 6) is 0.797. The van der Waals surface area contributed by atoms with E-state index >= 15 is 0 Å². The number of aliphatic imine (C=N–C) groups is 1. The fourth-order valence-corrected chi connectivity index (χ4v) is 2.85. The minimum atomic E-state index is -1.26. The van der Waals surface area contributed by atoms with E-state index in [-0.39, 0.29) is 6.04 Å². The van der Waals surface area contributed by atoms with Gasteiger partial charge in [-0.1, -0.05) is 23.7 Å². The lowest BCUT2D eigenvalue weighted by Crippen LogP contribution is -2.53. The molecule has 1 unspecified atom stereocenters. The van der Waals surface area contributed by atoms with Gasteiger partial charge >= 0.3 is 0 Å². The number of nitrogens with zero attached hydrogens (tertiary/aromatic N) is 1. The lowest BCUT2D eigenvalue weighted by Gasteiger charge is -2.42. The van der Waals surface area contributed by atoms with Gasteiger partial charge in [0.1, 0.15) is 5.67 Å². The molecule has 0 radical (unpaired) electrons. The van der Waals surface area contributed by atoms with Gasteiger partial charge in [-0.3, -0.25) is 4.99 Å². The lowest BCUT2D eigenvalue weighted by molar-refractivity contribution is 0.0325. The topological polar surface area (TPSA) is 36.4 Å². The van der Waals surface area contributed by atoms with Crippen molar-refractivity contribution in [1.82, 2.24) is 10.6 Å². The molecule has 5 heteroatoms. The standard InChI is InChI=1S/C14H17ClFN3/c1-9-8-17-13(18-9)19-12-6-14(16,7-12)10-3-2-4-11(15)5-10/h2-5,9,12H,6-8H2,1H3,(H2,17,18,19). The Morgan fingerprint density at radius 3 is 2.89 bits per heavy atom. The second kappa shape index (κ2) is 4.67. The van der Waals surface area contributed by atoms with Crippen LogP contribution in [-0.2, 0) is 5.67 Å². The smallest absolute Gasteiger partial charge is 0.191 e. The SMILES string of the molecule is CC1CN=C(NC2CC(F)(c3cccc(Cl)c3)C2)N1. The van der Waals surface area contributed by atoms with Crippen LogP contribution in [0.25, 0.3) is 0 Å². The number of benzene rings is 1. The highest BCUT2D eigenvalue weighted by molar-refractivity contribution is 6.30. The van der Waals surface area contributed by atoms with E-state index in [9.17, 15) is 4.39 Å². The molecule has 1 aromatic carbocycles. The molecule has 1 atom stereocenters. The second-order valence-electron chi connectivity index (χ2n) is 5.46. The molecule has 0 saturated heterocycles. The Labute approximate surface area is 117 Å². The van der Waals surface area contributed by atoms with Gasteiger partial charge in [-0.2, -0.15) is 0 Å². The number of rotatable bonds is 2. The van der Waals surface area contributed by atoms with Gasteiger partial charge < -0.3 is 10.6 Å². The molecule has 0 aromatic heterocycles. The van der Waals surface area contributed by atoms with Crippen LogP contribution in [0.3, 0.4) is 0 Å². The summed E-state index contributed by atoms with van der Waals surface area (Å²) in [5, 5.41) is 7.06. The summed E-state index contributed by atoms with van der Waals surface area (Å²) in [6.45, 7) is 2.86. The normalized spacial score (nSPS) is 33.3. The van der Waals surface area contributed by atoms with Crippen LogP contribution in [0.2, 0.25) is 5.02 Å². The second-order valence-corrected chi connectivity index (χ2v) is 5.90. The summed E-state index contributed by atoms with van der Waals surface area (Å²) < 4.78 is 14.7. The Hall–Kier alpha value is -1.29. The van der Waals surface area contributed by atoms with Gasteiger partial charge in [-0.25, -0.2) is 4.39 Å². The molecule has 2 aliphatic rings. The molecule has 0 amide bonds. The first kappa shape index (κ1) is 12.7. The Morgan fingerprint density at radius 1 is 1.47 bits per heavy atom. The maximum Gasteiger partial charge on any atom is 0.191 e. The zero-order valence-electron chi connectivity index (χ0n) is 10.8. The van der Waals surface area contributed by atoms with Crippen molar-refractivity contribution in [2.75, 3.05) is 6.54 Å². The molecular formula is C14H17ClFN3.